The molecule has 1 aromatic carbocycles. The lowest BCUT2D eigenvalue weighted by Crippen LogP contribution is -2.76. The SMILES string of the molecule is CCN1C[C@]2(C)CC[C@H](OC)[C@]34C5C[C@@H]6CC[C@](O)([C@H](C13)[C@@H](OC(=O)c1ccccc1)[C@H]24)[C@H]5C(=O)O6. The van der Waals surface area contributed by atoms with Crippen LogP contribution in [0.25, 0.3) is 0 Å². The van der Waals surface area contributed by atoms with Gasteiger partial charge in [-0.3, -0.25) is 9.69 Å². The summed E-state index contributed by atoms with van der Waals surface area (Å²) in [5.41, 5.74) is -1.23. The Morgan fingerprint density at radius 1 is 1.22 bits per heavy atom. The lowest BCUT2D eigenvalue weighted by atomic mass is 9.42. The number of methoxy groups -OCH3 is 1. The summed E-state index contributed by atoms with van der Waals surface area (Å²) in [6.45, 7) is 6.29. The van der Waals surface area contributed by atoms with Gasteiger partial charge in [0.1, 0.15) is 12.2 Å². The van der Waals surface area contributed by atoms with Crippen molar-refractivity contribution in [3.63, 3.8) is 0 Å². The molecule has 3 heterocycles. The van der Waals surface area contributed by atoms with Crippen LogP contribution < -0.4 is 0 Å². The molecule has 0 aromatic heterocycles. The largest absolute Gasteiger partial charge is 0.462 e. The van der Waals surface area contributed by atoms with Crippen LogP contribution in [0.15, 0.2) is 30.3 Å². The topological polar surface area (TPSA) is 85.3 Å². The first-order chi connectivity index (χ1) is 17.3. The van der Waals surface area contributed by atoms with E-state index < -0.39 is 17.6 Å². The van der Waals surface area contributed by atoms with Gasteiger partial charge in [0.15, 0.2) is 0 Å². The van der Waals surface area contributed by atoms with Gasteiger partial charge in [-0.25, -0.2) is 4.79 Å². The fourth-order valence-corrected chi connectivity index (χ4v) is 10.5. The number of hydrogen-bond acceptors (Lipinski definition) is 7. The van der Waals surface area contributed by atoms with Gasteiger partial charge in [-0.15, -0.1) is 0 Å². The minimum atomic E-state index is -1.27. The summed E-state index contributed by atoms with van der Waals surface area (Å²) in [4.78, 5) is 29.6. The quantitative estimate of drug-likeness (QED) is 0.643. The van der Waals surface area contributed by atoms with Crippen LogP contribution in [0.1, 0.15) is 56.3 Å². The molecule has 7 heteroatoms. The fourth-order valence-electron chi connectivity index (χ4n) is 10.5. The van der Waals surface area contributed by atoms with Crippen molar-refractivity contribution in [3.05, 3.63) is 35.9 Å². The Morgan fingerprint density at radius 2 is 2.00 bits per heavy atom. The molecule has 4 aliphatic carbocycles. The molecule has 0 radical (unpaired) electrons. The van der Waals surface area contributed by atoms with Gasteiger partial charge in [0, 0.05) is 36.9 Å². The lowest BCUT2D eigenvalue weighted by molar-refractivity contribution is -0.269. The van der Waals surface area contributed by atoms with Crippen LogP contribution in [0.5, 0.6) is 0 Å². The molecule has 11 atom stereocenters. The molecule has 1 spiro atoms. The van der Waals surface area contributed by atoms with Crippen LogP contribution in [0.3, 0.4) is 0 Å². The molecule has 1 aromatic rings. The van der Waals surface area contributed by atoms with Crippen LogP contribution in [0.2, 0.25) is 0 Å². The van der Waals surface area contributed by atoms with Crippen molar-refractivity contribution in [2.24, 2.45) is 34.5 Å². The summed E-state index contributed by atoms with van der Waals surface area (Å²) in [6, 6.07) is 9.13. The molecular weight excluding hydrogens is 458 g/mol. The molecule has 7 aliphatic rings. The second-order valence-electron chi connectivity index (χ2n) is 12.6. The monoisotopic (exact) mass is 495 g/mol. The van der Waals surface area contributed by atoms with E-state index in [-0.39, 0.29) is 58.8 Å². The molecule has 36 heavy (non-hydrogen) atoms. The zero-order valence-electron chi connectivity index (χ0n) is 21.4. The first kappa shape index (κ1) is 23.2. The van der Waals surface area contributed by atoms with Gasteiger partial charge in [-0.2, -0.15) is 0 Å². The van der Waals surface area contributed by atoms with Crippen molar-refractivity contribution in [1.82, 2.24) is 4.90 Å². The third kappa shape index (κ3) is 2.60. The smallest absolute Gasteiger partial charge is 0.338 e. The molecule has 0 amide bonds. The minimum absolute atomic E-state index is 0.00435. The molecule has 194 valence electrons. The van der Waals surface area contributed by atoms with Gasteiger partial charge in [-0.1, -0.05) is 32.0 Å². The number of aliphatic hydroxyl groups is 1. The average Bonchev–Trinajstić information content (AvgIpc) is 2.92. The van der Waals surface area contributed by atoms with Crippen molar-refractivity contribution >= 4 is 11.9 Å². The van der Waals surface area contributed by atoms with Gasteiger partial charge in [0.2, 0.25) is 0 Å². The van der Waals surface area contributed by atoms with Crippen LogP contribution >= 0.6 is 0 Å². The number of likely N-dealkylation sites (tertiary alicyclic amines) is 1. The summed E-state index contributed by atoms with van der Waals surface area (Å²) in [5.74, 6) is -1.62. The molecule has 3 saturated heterocycles. The zero-order valence-corrected chi connectivity index (χ0v) is 21.4. The summed E-state index contributed by atoms with van der Waals surface area (Å²) in [6.07, 6.45) is 3.10. The molecule has 2 unspecified atom stereocenters. The highest BCUT2D eigenvalue weighted by Gasteiger charge is 2.85. The Hall–Kier alpha value is -1.96. The Bertz CT molecular complexity index is 1090. The van der Waals surface area contributed by atoms with Crippen molar-refractivity contribution in [3.8, 4) is 0 Å². The maximum absolute atomic E-state index is 13.5. The summed E-state index contributed by atoms with van der Waals surface area (Å²) < 4.78 is 18.7. The highest BCUT2D eigenvalue weighted by molar-refractivity contribution is 5.89. The maximum atomic E-state index is 13.5. The predicted octanol–water partition coefficient (Wildman–Crippen LogP) is 3.05. The number of carbonyl (C=O) groups excluding carboxylic acids is 2. The number of hydrogen-bond donors (Lipinski definition) is 1. The molecule has 1 N–H and O–H groups in total. The van der Waals surface area contributed by atoms with Crippen molar-refractivity contribution in [2.75, 3.05) is 20.2 Å². The first-order valence-corrected chi connectivity index (χ1v) is 13.8. The van der Waals surface area contributed by atoms with Crippen molar-refractivity contribution < 1.29 is 28.9 Å². The maximum Gasteiger partial charge on any atom is 0.338 e. The lowest BCUT2D eigenvalue weighted by Gasteiger charge is -2.69. The molecule has 3 aliphatic heterocycles. The number of fused-ring (bicyclic) bond motifs is 2. The van der Waals surface area contributed by atoms with E-state index in [1.807, 2.05) is 18.2 Å². The summed E-state index contributed by atoms with van der Waals surface area (Å²) >= 11 is 0. The number of piperidine rings is 1. The van der Waals surface area contributed by atoms with Gasteiger partial charge in [-0.05, 0) is 62.1 Å². The van der Waals surface area contributed by atoms with E-state index in [4.69, 9.17) is 14.2 Å². The second kappa shape index (κ2) is 7.55. The Balaban J connectivity index is 1.46. The van der Waals surface area contributed by atoms with Crippen LogP contribution in [0.4, 0.5) is 0 Å². The number of ether oxygens (including phenoxy) is 3. The van der Waals surface area contributed by atoms with E-state index in [9.17, 15) is 14.7 Å². The van der Waals surface area contributed by atoms with Gasteiger partial charge < -0.3 is 19.3 Å². The number of esters is 2. The average molecular weight is 496 g/mol. The van der Waals surface area contributed by atoms with Crippen molar-refractivity contribution in [1.29, 1.82) is 0 Å². The van der Waals surface area contributed by atoms with Gasteiger partial charge in [0.05, 0.1) is 23.2 Å². The third-order valence-electron chi connectivity index (χ3n) is 11.3. The second-order valence-corrected chi connectivity index (χ2v) is 12.6. The van der Waals surface area contributed by atoms with Gasteiger partial charge in [0.25, 0.3) is 0 Å². The van der Waals surface area contributed by atoms with Crippen LogP contribution in [-0.2, 0) is 19.0 Å². The third-order valence-corrected chi connectivity index (χ3v) is 11.3. The number of nitrogens with zero attached hydrogens (tertiary/aromatic N) is 1. The van der Waals surface area contributed by atoms with Gasteiger partial charge >= 0.3 is 11.9 Å². The Labute approximate surface area is 212 Å². The first-order valence-electron chi connectivity index (χ1n) is 13.8. The molecular formula is C29H37NO6. The summed E-state index contributed by atoms with van der Waals surface area (Å²) in [7, 11) is 1.79. The summed E-state index contributed by atoms with van der Waals surface area (Å²) in [5, 5.41) is 12.6. The van der Waals surface area contributed by atoms with E-state index in [2.05, 4.69) is 18.7 Å². The Kier molecular flexibility index (Phi) is 4.86. The zero-order chi connectivity index (χ0) is 25.0. The number of benzene rings is 1. The molecule has 7 nitrogen and oxygen atoms in total. The van der Waals surface area contributed by atoms with E-state index >= 15 is 0 Å². The standard InChI is InChI=1S/C29H37NO6/c1-4-30-15-27(2)12-11-19(34-3)29-18-14-17-10-13-28(33,20(18)26(32)35-17)21(24(29)30)22(23(27)29)36-25(31)16-8-6-5-7-9-16/h5-9,17-24,33H,4,10-15H2,1-3H3/t17-,18?,19-,20+,21-,22+,23+,24?,27-,28+,29-/m0/s1. The van der Waals surface area contributed by atoms with Crippen LogP contribution in [-0.4, -0.2) is 72.1 Å². The molecule has 8 rings (SSSR count). The van der Waals surface area contributed by atoms with E-state index in [1.165, 1.54) is 0 Å². The highest BCUT2D eigenvalue weighted by Crippen LogP contribution is 2.77. The van der Waals surface area contributed by atoms with E-state index in [0.29, 0.717) is 18.4 Å². The van der Waals surface area contributed by atoms with E-state index in [0.717, 1.165) is 32.4 Å². The predicted molar refractivity (Wildman–Crippen MR) is 130 cm³/mol. The Morgan fingerprint density at radius 3 is 2.72 bits per heavy atom. The van der Waals surface area contributed by atoms with Crippen molar-refractivity contribution in [2.45, 2.75) is 75.9 Å². The number of rotatable bonds is 4. The van der Waals surface area contributed by atoms with E-state index in [1.54, 1.807) is 19.2 Å². The molecule has 9 bridgehead atoms. The fraction of sp³-hybridized carbons (Fsp3) is 0.724. The minimum Gasteiger partial charge on any atom is -0.462 e. The molecule has 4 saturated carbocycles. The van der Waals surface area contributed by atoms with Crippen LogP contribution in [0, 0.1) is 34.5 Å². The highest BCUT2D eigenvalue weighted by atomic mass is 16.6. The number of carbonyl (C=O) groups is 2. The normalized spacial score (nSPS) is 50.4. The molecule has 7 fully saturated rings.